The zero-order chi connectivity index (χ0) is 23.9. The van der Waals surface area contributed by atoms with Gasteiger partial charge in [0.15, 0.2) is 0 Å². The second-order valence-electron chi connectivity index (χ2n) is 8.47. The summed E-state index contributed by atoms with van der Waals surface area (Å²) in [5.74, 6) is 0.711. The van der Waals surface area contributed by atoms with Crippen LogP contribution in [-0.2, 0) is 0 Å². The molecule has 0 bridgehead atoms. The van der Waals surface area contributed by atoms with Crippen molar-refractivity contribution in [3.8, 4) is 5.75 Å². The Bertz CT molecular complexity index is 1120. The molecule has 6 nitrogen and oxygen atoms in total. The van der Waals surface area contributed by atoms with E-state index in [9.17, 15) is 9.59 Å². The Morgan fingerprint density at radius 1 is 0.882 bits per heavy atom. The summed E-state index contributed by atoms with van der Waals surface area (Å²) in [4.78, 5) is 29.6. The van der Waals surface area contributed by atoms with E-state index in [-0.39, 0.29) is 11.8 Å². The highest BCUT2D eigenvalue weighted by Crippen LogP contribution is 2.21. The molecule has 6 heteroatoms. The van der Waals surface area contributed by atoms with Crippen LogP contribution < -0.4 is 15.0 Å². The van der Waals surface area contributed by atoms with Gasteiger partial charge in [0.25, 0.3) is 11.8 Å². The van der Waals surface area contributed by atoms with E-state index >= 15 is 0 Å². The number of nitrogens with one attached hydrogen (secondary N) is 1. The van der Waals surface area contributed by atoms with Crippen molar-refractivity contribution in [1.29, 1.82) is 0 Å². The Hall–Kier alpha value is -3.80. The van der Waals surface area contributed by atoms with Crippen molar-refractivity contribution in [2.45, 2.75) is 20.3 Å². The maximum atomic E-state index is 12.9. The van der Waals surface area contributed by atoms with Crippen molar-refractivity contribution >= 4 is 23.2 Å². The number of rotatable bonds is 7. The lowest BCUT2D eigenvalue weighted by Gasteiger charge is -2.36. The minimum Gasteiger partial charge on any atom is -0.494 e. The predicted molar refractivity (Wildman–Crippen MR) is 136 cm³/mol. The zero-order valence-electron chi connectivity index (χ0n) is 19.8. The van der Waals surface area contributed by atoms with Gasteiger partial charge < -0.3 is 19.9 Å². The number of amides is 2. The fraction of sp³-hybridized carbons (Fsp3) is 0.286. The maximum absolute atomic E-state index is 12.9. The van der Waals surface area contributed by atoms with Crippen LogP contribution in [0.1, 0.15) is 39.6 Å². The van der Waals surface area contributed by atoms with Crippen molar-refractivity contribution in [3.05, 3.63) is 89.5 Å². The van der Waals surface area contributed by atoms with Gasteiger partial charge in [0, 0.05) is 48.7 Å². The molecule has 176 valence electrons. The summed E-state index contributed by atoms with van der Waals surface area (Å²) in [6.07, 6.45) is 0.944. The third kappa shape index (κ3) is 5.57. The molecule has 2 amide bonds. The SMILES string of the molecule is CCCOc1ccc(C(=O)Nc2ccc(N3CCN(C(=O)c4ccccc4C)CC3)cc2)cc1. The highest BCUT2D eigenvalue weighted by molar-refractivity contribution is 6.04. The first-order chi connectivity index (χ1) is 16.5. The van der Waals surface area contributed by atoms with E-state index in [1.165, 1.54) is 0 Å². The standard InChI is InChI=1S/C28H31N3O3/c1-3-20-34-25-14-8-22(9-15-25)27(32)29-23-10-12-24(13-11-23)30-16-18-31(19-17-30)28(33)26-7-5-4-6-21(26)2/h4-15H,3,16-20H2,1-2H3,(H,29,32). The van der Waals surface area contributed by atoms with Gasteiger partial charge in [0.1, 0.15) is 5.75 Å². The van der Waals surface area contributed by atoms with E-state index in [2.05, 4.69) is 17.1 Å². The summed E-state index contributed by atoms with van der Waals surface area (Å²) in [6.45, 7) is 7.61. The first-order valence-electron chi connectivity index (χ1n) is 11.8. The minimum absolute atomic E-state index is 0.0979. The number of carbonyl (C=O) groups excluding carboxylic acids is 2. The van der Waals surface area contributed by atoms with E-state index in [0.717, 1.165) is 47.8 Å². The van der Waals surface area contributed by atoms with Gasteiger partial charge in [-0.2, -0.15) is 0 Å². The highest BCUT2D eigenvalue weighted by Gasteiger charge is 2.23. The number of benzene rings is 3. The van der Waals surface area contributed by atoms with Gasteiger partial charge in [-0.1, -0.05) is 25.1 Å². The molecule has 4 rings (SSSR count). The molecule has 1 heterocycles. The fourth-order valence-electron chi connectivity index (χ4n) is 4.03. The molecule has 1 fully saturated rings. The first kappa shape index (κ1) is 23.4. The molecule has 1 N–H and O–H groups in total. The Labute approximate surface area is 201 Å². The number of ether oxygens (including phenoxy) is 1. The second kappa shape index (κ2) is 10.9. The average Bonchev–Trinajstić information content (AvgIpc) is 2.88. The molecular weight excluding hydrogens is 426 g/mol. The van der Waals surface area contributed by atoms with Crippen LogP contribution in [0.4, 0.5) is 11.4 Å². The lowest BCUT2D eigenvalue weighted by Crippen LogP contribution is -2.48. The fourth-order valence-corrected chi connectivity index (χ4v) is 4.03. The molecule has 1 aliphatic rings. The molecule has 34 heavy (non-hydrogen) atoms. The maximum Gasteiger partial charge on any atom is 0.255 e. The summed E-state index contributed by atoms with van der Waals surface area (Å²) in [5, 5.41) is 2.95. The van der Waals surface area contributed by atoms with Crippen LogP contribution in [0, 0.1) is 6.92 Å². The van der Waals surface area contributed by atoms with Crippen LogP contribution in [0.15, 0.2) is 72.8 Å². The molecule has 3 aromatic carbocycles. The van der Waals surface area contributed by atoms with Crippen LogP contribution in [0.2, 0.25) is 0 Å². The number of hydrogen-bond donors (Lipinski definition) is 1. The molecule has 0 saturated carbocycles. The molecular formula is C28H31N3O3. The predicted octanol–water partition coefficient (Wildman–Crippen LogP) is 5.00. The van der Waals surface area contributed by atoms with Crippen molar-refractivity contribution in [3.63, 3.8) is 0 Å². The lowest BCUT2D eigenvalue weighted by molar-refractivity contribution is 0.0746. The van der Waals surface area contributed by atoms with Crippen molar-refractivity contribution in [2.24, 2.45) is 0 Å². The van der Waals surface area contributed by atoms with Crippen LogP contribution in [-0.4, -0.2) is 49.5 Å². The van der Waals surface area contributed by atoms with Gasteiger partial charge in [-0.15, -0.1) is 0 Å². The number of carbonyl (C=O) groups is 2. The van der Waals surface area contributed by atoms with E-state index < -0.39 is 0 Å². The average molecular weight is 458 g/mol. The van der Waals surface area contributed by atoms with Gasteiger partial charge in [0.05, 0.1) is 6.61 Å². The van der Waals surface area contributed by atoms with Gasteiger partial charge in [-0.3, -0.25) is 9.59 Å². The number of anilines is 2. The van der Waals surface area contributed by atoms with Crippen LogP contribution in [0.5, 0.6) is 5.75 Å². The monoisotopic (exact) mass is 457 g/mol. The molecule has 0 aromatic heterocycles. The van der Waals surface area contributed by atoms with E-state index in [1.807, 2.05) is 72.5 Å². The van der Waals surface area contributed by atoms with Gasteiger partial charge in [0.2, 0.25) is 0 Å². The second-order valence-corrected chi connectivity index (χ2v) is 8.47. The van der Waals surface area contributed by atoms with Crippen LogP contribution >= 0.6 is 0 Å². The topological polar surface area (TPSA) is 61.9 Å². The highest BCUT2D eigenvalue weighted by atomic mass is 16.5. The van der Waals surface area contributed by atoms with Crippen LogP contribution in [0.25, 0.3) is 0 Å². The molecule has 1 aliphatic heterocycles. The Morgan fingerprint density at radius 2 is 1.56 bits per heavy atom. The molecule has 0 radical (unpaired) electrons. The summed E-state index contributed by atoms with van der Waals surface area (Å²) < 4.78 is 5.57. The first-order valence-corrected chi connectivity index (χ1v) is 11.8. The van der Waals surface area contributed by atoms with Gasteiger partial charge in [-0.25, -0.2) is 0 Å². The van der Waals surface area contributed by atoms with E-state index in [4.69, 9.17) is 4.74 Å². The Balaban J connectivity index is 1.30. The quantitative estimate of drug-likeness (QED) is 0.542. The summed E-state index contributed by atoms with van der Waals surface area (Å²) in [5.41, 5.74) is 4.20. The van der Waals surface area contributed by atoms with Crippen molar-refractivity contribution < 1.29 is 14.3 Å². The van der Waals surface area contributed by atoms with E-state index in [1.54, 1.807) is 12.1 Å². The number of nitrogens with zero attached hydrogens (tertiary/aromatic N) is 2. The third-order valence-corrected chi connectivity index (χ3v) is 6.02. The van der Waals surface area contributed by atoms with Crippen LogP contribution in [0.3, 0.4) is 0 Å². The van der Waals surface area contributed by atoms with Crippen molar-refractivity contribution in [2.75, 3.05) is 43.0 Å². The Kier molecular flexibility index (Phi) is 7.48. The summed E-state index contributed by atoms with van der Waals surface area (Å²) in [6, 6.07) is 22.8. The smallest absolute Gasteiger partial charge is 0.255 e. The van der Waals surface area contributed by atoms with Gasteiger partial charge in [-0.05, 0) is 73.5 Å². The largest absolute Gasteiger partial charge is 0.494 e. The number of hydrogen-bond acceptors (Lipinski definition) is 4. The van der Waals surface area contributed by atoms with Crippen molar-refractivity contribution in [1.82, 2.24) is 4.90 Å². The lowest BCUT2D eigenvalue weighted by atomic mass is 10.1. The molecule has 1 saturated heterocycles. The minimum atomic E-state index is -0.155. The molecule has 0 aliphatic carbocycles. The third-order valence-electron chi connectivity index (χ3n) is 6.02. The summed E-state index contributed by atoms with van der Waals surface area (Å²) in [7, 11) is 0. The molecule has 0 atom stereocenters. The Morgan fingerprint density at radius 3 is 2.21 bits per heavy atom. The molecule has 0 unspecified atom stereocenters. The van der Waals surface area contributed by atoms with Gasteiger partial charge >= 0.3 is 0 Å². The number of aryl methyl sites for hydroxylation is 1. The number of piperazine rings is 1. The molecule has 0 spiro atoms. The zero-order valence-corrected chi connectivity index (χ0v) is 19.8. The molecule has 3 aromatic rings. The normalized spacial score (nSPS) is 13.5. The summed E-state index contributed by atoms with van der Waals surface area (Å²) >= 11 is 0. The van der Waals surface area contributed by atoms with E-state index in [0.29, 0.717) is 25.3 Å².